The second-order valence-corrected chi connectivity index (χ2v) is 6.93. The highest BCUT2D eigenvalue weighted by Crippen LogP contribution is 2.59. The fraction of sp³-hybridized carbons (Fsp3) is 0.933. The van der Waals surface area contributed by atoms with E-state index in [2.05, 4.69) is 20.8 Å². The van der Waals surface area contributed by atoms with Crippen LogP contribution in [0.5, 0.6) is 0 Å². The Bertz CT molecular complexity index is 337. The number of rotatable bonds is 4. The predicted octanol–water partition coefficient (Wildman–Crippen LogP) is 2.42. The van der Waals surface area contributed by atoms with E-state index in [9.17, 15) is 9.90 Å². The highest BCUT2D eigenvalue weighted by Gasteiger charge is 2.58. The summed E-state index contributed by atoms with van der Waals surface area (Å²) in [5, 5.41) is 9.26. The van der Waals surface area contributed by atoms with Crippen LogP contribution in [0.4, 0.5) is 0 Å². The minimum atomic E-state index is -0.370. The average Bonchev–Trinajstić information content (AvgIpc) is 2.80. The van der Waals surface area contributed by atoms with Crippen molar-refractivity contribution < 1.29 is 14.6 Å². The molecule has 18 heavy (non-hydrogen) atoms. The molecule has 0 amide bonds. The summed E-state index contributed by atoms with van der Waals surface area (Å²) in [4.78, 5) is 12.2. The summed E-state index contributed by atoms with van der Waals surface area (Å²) < 4.78 is 5.70. The van der Waals surface area contributed by atoms with Crippen LogP contribution in [0.25, 0.3) is 0 Å². The van der Waals surface area contributed by atoms with Gasteiger partial charge in [0, 0.05) is 26.1 Å². The lowest BCUT2D eigenvalue weighted by molar-refractivity contribution is -0.128. The first kappa shape index (κ1) is 14.0. The van der Waals surface area contributed by atoms with E-state index in [-0.39, 0.29) is 29.5 Å². The summed E-state index contributed by atoms with van der Waals surface area (Å²) in [7, 11) is 1.70. The molecule has 0 bridgehead atoms. The van der Waals surface area contributed by atoms with Crippen LogP contribution in [-0.2, 0) is 9.53 Å². The number of carbonyl (C=O) groups excluding carboxylic acids is 1. The quantitative estimate of drug-likeness (QED) is 0.838. The van der Waals surface area contributed by atoms with Crippen molar-refractivity contribution >= 4 is 5.78 Å². The number of aliphatic hydroxyl groups is 1. The maximum absolute atomic E-state index is 12.2. The van der Waals surface area contributed by atoms with Gasteiger partial charge in [-0.25, -0.2) is 0 Å². The normalized spacial score (nSPS) is 37.6. The molecule has 0 aromatic carbocycles. The summed E-state index contributed by atoms with van der Waals surface area (Å²) in [5.74, 6) is 1.32. The van der Waals surface area contributed by atoms with Crippen LogP contribution in [0.15, 0.2) is 0 Å². The van der Waals surface area contributed by atoms with Crippen LogP contribution < -0.4 is 0 Å². The largest absolute Gasteiger partial charge is 0.396 e. The van der Waals surface area contributed by atoms with Gasteiger partial charge in [-0.2, -0.15) is 0 Å². The number of aliphatic hydroxyl groups excluding tert-OH is 1. The summed E-state index contributed by atoms with van der Waals surface area (Å²) in [6.45, 7) is 6.72. The van der Waals surface area contributed by atoms with Gasteiger partial charge in [-0.3, -0.25) is 4.79 Å². The smallest absolute Gasteiger partial charge is 0.136 e. The van der Waals surface area contributed by atoms with Gasteiger partial charge in [-0.05, 0) is 43.4 Å². The first-order valence-electron chi connectivity index (χ1n) is 7.04. The molecule has 2 aliphatic carbocycles. The Morgan fingerprint density at radius 3 is 2.72 bits per heavy atom. The second-order valence-electron chi connectivity index (χ2n) is 6.93. The van der Waals surface area contributed by atoms with Crippen LogP contribution in [0.1, 0.15) is 46.5 Å². The molecule has 0 aliphatic heterocycles. The zero-order valence-electron chi connectivity index (χ0n) is 12.0. The van der Waals surface area contributed by atoms with Crippen molar-refractivity contribution in [3.05, 3.63) is 0 Å². The third-order valence-electron chi connectivity index (χ3n) is 5.55. The molecule has 0 aromatic rings. The lowest BCUT2D eigenvalue weighted by Gasteiger charge is -2.37. The molecule has 2 aliphatic rings. The van der Waals surface area contributed by atoms with Crippen LogP contribution in [0.3, 0.4) is 0 Å². The van der Waals surface area contributed by atoms with Crippen LogP contribution in [0.2, 0.25) is 0 Å². The van der Waals surface area contributed by atoms with Gasteiger partial charge >= 0.3 is 0 Å². The molecule has 2 rings (SSSR count). The Morgan fingerprint density at radius 1 is 1.50 bits per heavy atom. The van der Waals surface area contributed by atoms with Crippen molar-refractivity contribution in [2.45, 2.75) is 52.1 Å². The van der Waals surface area contributed by atoms with Gasteiger partial charge < -0.3 is 9.84 Å². The van der Waals surface area contributed by atoms with Crippen LogP contribution in [-0.4, -0.2) is 30.2 Å². The van der Waals surface area contributed by atoms with Crippen molar-refractivity contribution in [1.29, 1.82) is 0 Å². The fourth-order valence-electron chi connectivity index (χ4n) is 4.35. The van der Waals surface area contributed by atoms with E-state index in [0.29, 0.717) is 18.1 Å². The monoisotopic (exact) mass is 254 g/mol. The van der Waals surface area contributed by atoms with Gasteiger partial charge in [0.15, 0.2) is 0 Å². The summed E-state index contributed by atoms with van der Waals surface area (Å²) >= 11 is 0. The first-order chi connectivity index (χ1) is 8.35. The minimum Gasteiger partial charge on any atom is -0.396 e. The third kappa shape index (κ3) is 2.01. The maximum atomic E-state index is 12.2. The van der Waals surface area contributed by atoms with Crippen molar-refractivity contribution in [2.24, 2.45) is 23.2 Å². The number of fused-ring (bicyclic) bond motifs is 1. The Kier molecular flexibility index (Phi) is 3.58. The van der Waals surface area contributed by atoms with Gasteiger partial charge in [0.2, 0.25) is 0 Å². The topological polar surface area (TPSA) is 46.5 Å². The van der Waals surface area contributed by atoms with Gasteiger partial charge in [-0.1, -0.05) is 13.8 Å². The number of methoxy groups -OCH3 is 1. The Morgan fingerprint density at radius 2 is 2.17 bits per heavy atom. The molecule has 2 fully saturated rings. The molecular formula is C15H26O3. The number of carbonyl (C=O) groups is 1. The molecule has 1 unspecified atom stereocenters. The molecule has 104 valence electrons. The number of ketones is 1. The lowest BCUT2D eigenvalue weighted by atomic mass is 9.77. The SMILES string of the molecule is COC(C)(CCO)[C@H]1CC(C)(C)[C@@H]2CCC(=O)[C@@H]21. The van der Waals surface area contributed by atoms with Gasteiger partial charge in [0.05, 0.1) is 5.60 Å². The maximum Gasteiger partial charge on any atom is 0.136 e. The summed E-state index contributed by atoms with van der Waals surface area (Å²) in [6.07, 6.45) is 3.40. The highest BCUT2D eigenvalue weighted by atomic mass is 16.5. The standard InChI is InChI=1S/C15H26O3/c1-14(2)9-11(15(3,18-4)7-8-16)13-10(14)5-6-12(13)17/h10-11,13,16H,5-9H2,1-4H3/t10-,11+,13+,15?/m1/s1. The number of hydrogen-bond donors (Lipinski definition) is 1. The van der Waals surface area contributed by atoms with E-state index in [1.54, 1.807) is 7.11 Å². The molecule has 3 nitrogen and oxygen atoms in total. The molecule has 4 atom stereocenters. The summed E-state index contributed by atoms with van der Waals surface area (Å²) in [6, 6.07) is 0. The van der Waals surface area contributed by atoms with E-state index in [1.165, 1.54) is 0 Å². The Balaban J connectivity index is 2.30. The van der Waals surface area contributed by atoms with Crippen molar-refractivity contribution in [3.63, 3.8) is 0 Å². The van der Waals surface area contributed by atoms with Crippen LogP contribution >= 0.6 is 0 Å². The molecule has 0 aromatic heterocycles. The molecule has 0 heterocycles. The van der Waals surface area contributed by atoms with Gasteiger partial charge in [-0.15, -0.1) is 0 Å². The molecule has 0 saturated heterocycles. The number of ether oxygens (including phenoxy) is 1. The zero-order valence-corrected chi connectivity index (χ0v) is 12.0. The zero-order chi connectivity index (χ0) is 13.6. The van der Waals surface area contributed by atoms with E-state index in [4.69, 9.17) is 4.74 Å². The van der Waals surface area contributed by atoms with E-state index in [1.807, 2.05) is 0 Å². The van der Waals surface area contributed by atoms with Gasteiger partial charge in [0.1, 0.15) is 5.78 Å². The van der Waals surface area contributed by atoms with Gasteiger partial charge in [0.25, 0.3) is 0 Å². The second kappa shape index (κ2) is 4.61. The minimum absolute atomic E-state index is 0.118. The van der Waals surface area contributed by atoms with E-state index < -0.39 is 0 Å². The molecule has 3 heteroatoms. The molecule has 0 spiro atoms. The van der Waals surface area contributed by atoms with Crippen molar-refractivity contribution in [3.8, 4) is 0 Å². The number of Topliss-reactive ketones (excluding diaryl/α,β-unsaturated/α-hetero) is 1. The molecule has 2 saturated carbocycles. The van der Waals surface area contributed by atoms with Crippen LogP contribution in [0, 0.1) is 23.2 Å². The van der Waals surface area contributed by atoms with E-state index >= 15 is 0 Å². The van der Waals surface area contributed by atoms with E-state index in [0.717, 1.165) is 19.3 Å². The average molecular weight is 254 g/mol. The molecule has 1 N–H and O–H groups in total. The molecule has 0 radical (unpaired) electrons. The molecular weight excluding hydrogens is 228 g/mol. The summed E-state index contributed by atoms with van der Waals surface area (Å²) in [5.41, 5.74) is -0.151. The number of hydrogen-bond acceptors (Lipinski definition) is 3. The van der Waals surface area contributed by atoms with Crippen molar-refractivity contribution in [2.75, 3.05) is 13.7 Å². The van der Waals surface area contributed by atoms with Crippen molar-refractivity contribution in [1.82, 2.24) is 0 Å². The fourth-order valence-corrected chi connectivity index (χ4v) is 4.35. The lowest BCUT2D eigenvalue weighted by Crippen LogP contribution is -2.41. The Hall–Kier alpha value is -0.410. The Labute approximate surface area is 110 Å². The first-order valence-corrected chi connectivity index (χ1v) is 7.04. The highest BCUT2D eigenvalue weighted by molar-refractivity contribution is 5.84. The third-order valence-corrected chi connectivity index (χ3v) is 5.55. The predicted molar refractivity (Wildman–Crippen MR) is 70.2 cm³/mol.